The molecule has 2 rings (SSSR count). The molecule has 0 saturated carbocycles. The van der Waals surface area contributed by atoms with Crippen molar-refractivity contribution in [1.29, 1.82) is 0 Å². The van der Waals surface area contributed by atoms with Crippen LogP contribution in [-0.4, -0.2) is 15.5 Å². The lowest BCUT2D eigenvalue weighted by molar-refractivity contribution is -0.116. The zero-order chi connectivity index (χ0) is 14.7. The van der Waals surface area contributed by atoms with Crippen molar-refractivity contribution in [1.82, 2.24) is 9.55 Å². The van der Waals surface area contributed by atoms with Crippen molar-refractivity contribution in [3.05, 3.63) is 57.8 Å². The normalized spacial score (nSPS) is 10.3. The summed E-state index contributed by atoms with van der Waals surface area (Å²) in [4.78, 5) is 28.0. The minimum atomic E-state index is -0.244. The van der Waals surface area contributed by atoms with Crippen molar-refractivity contribution in [3.8, 4) is 0 Å². The minimum Gasteiger partial charge on any atom is -0.325 e. The number of amides is 1. The van der Waals surface area contributed by atoms with Crippen LogP contribution in [0, 0.1) is 20.8 Å². The van der Waals surface area contributed by atoms with Crippen LogP contribution >= 0.6 is 0 Å². The zero-order valence-corrected chi connectivity index (χ0v) is 11.8. The van der Waals surface area contributed by atoms with Crippen LogP contribution in [0.5, 0.6) is 0 Å². The molecule has 1 aromatic heterocycles. The summed E-state index contributed by atoms with van der Waals surface area (Å²) in [5.74, 6) is 0.292. The lowest BCUT2D eigenvalue weighted by Crippen LogP contribution is -2.30. The predicted molar refractivity (Wildman–Crippen MR) is 77.8 cm³/mol. The molecule has 5 nitrogen and oxygen atoms in total. The molecule has 0 unspecified atom stereocenters. The maximum absolute atomic E-state index is 12.0. The van der Waals surface area contributed by atoms with Crippen LogP contribution in [0.3, 0.4) is 0 Å². The number of nitrogens with zero attached hydrogens (tertiary/aromatic N) is 2. The quantitative estimate of drug-likeness (QED) is 0.926. The molecule has 104 valence electrons. The Labute approximate surface area is 117 Å². The van der Waals surface area contributed by atoms with E-state index < -0.39 is 0 Å². The first-order valence-electron chi connectivity index (χ1n) is 6.37. The van der Waals surface area contributed by atoms with Gasteiger partial charge in [0.1, 0.15) is 12.4 Å². The van der Waals surface area contributed by atoms with Gasteiger partial charge in [0, 0.05) is 17.4 Å². The van der Waals surface area contributed by atoms with Crippen LogP contribution in [0.15, 0.2) is 35.1 Å². The summed E-state index contributed by atoms with van der Waals surface area (Å²) in [6.07, 6.45) is 0. The molecular formula is C15H17N3O2. The SMILES string of the molecule is Cc1cccc(NC(=O)Cn2c(C)nc(C)cc2=O)c1. The smallest absolute Gasteiger partial charge is 0.254 e. The van der Waals surface area contributed by atoms with Crippen molar-refractivity contribution in [2.24, 2.45) is 0 Å². The van der Waals surface area contributed by atoms with E-state index in [0.717, 1.165) is 11.3 Å². The van der Waals surface area contributed by atoms with Gasteiger partial charge in [0.05, 0.1) is 0 Å². The topological polar surface area (TPSA) is 64.0 Å². The van der Waals surface area contributed by atoms with Crippen molar-refractivity contribution < 1.29 is 4.79 Å². The number of nitrogens with one attached hydrogen (secondary N) is 1. The Bertz CT molecular complexity index is 705. The van der Waals surface area contributed by atoms with Gasteiger partial charge >= 0.3 is 0 Å². The van der Waals surface area contributed by atoms with Crippen molar-refractivity contribution in [3.63, 3.8) is 0 Å². The molecule has 0 radical (unpaired) electrons. The van der Waals surface area contributed by atoms with Gasteiger partial charge in [-0.1, -0.05) is 12.1 Å². The van der Waals surface area contributed by atoms with Crippen LogP contribution in [0.4, 0.5) is 5.69 Å². The van der Waals surface area contributed by atoms with Gasteiger partial charge in [-0.2, -0.15) is 0 Å². The van der Waals surface area contributed by atoms with Crippen LogP contribution in [0.2, 0.25) is 0 Å². The maximum Gasteiger partial charge on any atom is 0.254 e. The van der Waals surface area contributed by atoms with Crippen molar-refractivity contribution >= 4 is 11.6 Å². The molecular weight excluding hydrogens is 254 g/mol. The van der Waals surface area contributed by atoms with Gasteiger partial charge in [0.15, 0.2) is 0 Å². The molecule has 20 heavy (non-hydrogen) atoms. The Morgan fingerprint density at radius 1 is 1.25 bits per heavy atom. The molecule has 0 bridgehead atoms. The van der Waals surface area contributed by atoms with E-state index >= 15 is 0 Å². The number of benzene rings is 1. The first kappa shape index (κ1) is 14.0. The van der Waals surface area contributed by atoms with Gasteiger partial charge in [-0.25, -0.2) is 4.98 Å². The number of carbonyl (C=O) groups excluding carboxylic acids is 1. The number of anilines is 1. The highest BCUT2D eigenvalue weighted by molar-refractivity contribution is 5.90. The van der Waals surface area contributed by atoms with Gasteiger partial charge in [-0.05, 0) is 38.5 Å². The molecule has 0 fully saturated rings. The molecule has 2 aromatic rings. The fourth-order valence-corrected chi connectivity index (χ4v) is 2.02. The molecule has 0 saturated heterocycles. The highest BCUT2D eigenvalue weighted by atomic mass is 16.2. The van der Waals surface area contributed by atoms with Crippen LogP contribution in [0.25, 0.3) is 0 Å². The summed E-state index contributed by atoms with van der Waals surface area (Å²) in [5.41, 5.74) is 2.23. The molecule has 0 spiro atoms. The number of carbonyl (C=O) groups is 1. The van der Waals surface area contributed by atoms with Gasteiger partial charge in [-0.15, -0.1) is 0 Å². The molecule has 1 amide bonds. The second-order valence-electron chi connectivity index (χ2n) is 4.79. The second kappa shape index (κ2) is 5.69. The first-order chi connectivity index (χ1) is 9.45. The first-order valence-corrected chi connectivity index (χ1v) is 6.37. The summed E-state index contributed by atoms with van der Waals surface area (Å²) in [6, 6.07) is 8.94. The lowest BCUT2D eigenvalue weighted by Gasteiger charge is -2.10. The van der Waals surface area contributed by atoms with Gasteiger partial charge < -0.3 is 5.32 Å². The van der Waals surface area contributed by atoms with E-state index in [0.29, 0.717) is 11.5 Å². The molecule has 0 aliphatic rings. The van der Waals surface area contributed by atoms with Crippen LogP contribution in [-0.2, 0) is 11.3 Å². The summed E-state index contributed by atoms with van der Waals surface area (Å²) in [6.45, 7) is 5.39. The van der Waals surface area contributed by atoms with Gasteiger partial charge in [0.25, 0.3) is 5.56 Å². The number of aromatic nitrogens is 2. The van der Waals surface area contributed by atoms with E-state index in [9.17, 15) is 9.59 Å². The number of hydrogen-bond donors (Lipinski definition) is 1. The minimum absolute atomic E-state index is 0.0358. The average molecular weight is 271 g/mol. The third-order valence-corrected chi connectivity index (χ3v) is 2.93. The fraction of sp³-hybridized carbons (Fsp3) is 0.267. The standard InChI is InChI=1S/C15H17N3O2/c1-10-5-4-6-13(7-10)17-14(19)9-18-12(3)16-11(2)8-15(18)20/h4-8H,9H2,1-3H3,(H,17,19). The Balaban J connectivity index is 2.15. The Morgan fingerprint density at radius 3 is 2.65 bits per heavy atom. The third-order valence-electron chi connectivity index (χ3n) is 2.93. The van der Waals surface area contributed by atoms with Crippen molar-refractivity contribution in [2.75, 3.05) is 5.32 Å². The van der Waals surface area contributed by atoms with E-state index in [4.69, 9.17) is 0 Å². The Kier molecular flexibility index (Phi) is 3.98. The molecule has 5 heteroatoms. The Hall–Kier alpha value is -2.43. The highest BCUT2D eigenvalue weighted by Crippen LogP contribution is 2.09. The molecule has 1 N–H and O–H groups in total. The third kappa shape index (κ3) is 3.32. The maximum atomic E-state index is 12.0. The van der Waals surface area contributed by atoms with E-state index in [1.54, 1.807) is 13.8 Å². The van der Waals surface area contributed by atoms with Crippen LogP contribution in [0.1, 0.15) is 17.1 Å². The lowest BCUT2D eigenvalue weighted by atomic mass is 10.2. The highest BCUT2D eigenvalue weighted by Gasteiger charge is 2.08. The monoisotopic (exact) mass is 271 g/mol. The number of hydrogen-bond acceptors (Lipinski definition) is 3. The fourth-order valence-electron chi connectivity index (χ4n) is 2.02. The Morgan fingerprint density at radius 2 is 2.00 bits per heavy atom. The predicted octanol–water partition coefficient (Wildman–Crippen LogP) is 1.81. The summed E-state index contributed by atoms with van der Waals surface area (Å²) in [5, 5.41) is 2.77. The largest absolute Gasteiger partial charge is 0.325 e. The van der Waals surface area contributed by atoms with Gasteiger partial charge in [0.2, 0.25) is 5.91 Å². The summed E-state index contributed by atoms with van der Waals surface area (Å²) < 4.78 is 1.36. The molecule has 1 heterocycles. The van der Waals surface area contributed by atoms with E-state index in [1.165, 1.54) is 10.6 Å². The summed E-state index contributed by atoms with van der Waals surface area (Å²) >= 11 is 0. The van der Waals surface area contributed by atoms with E-state index in [-0.39, 0.29) is 18.0 Å². The van der Waals surface area contributed by atoms with Crippen molar-refractivity contribution in [2.45, 2.75) is 27.3 Å². The molecule has 0 aliphatic carbocycles. The number of aryl methyl sites for hydroxylation is 3. The second-order valence-corrected chi connectivity index (χ2v) is 4.79. The van der Waals surface area contributed by atoms with E-state index in [1.807, 2.05) is 31.2 Å². The summed E-state index contributed by atoms with van der Waals surface area (Å²) in [7, 11) is 0. The number of rotatable bonds is 3. The van der Waals surface area contributed by atoms with Gasteiger partial charge in [-0.3, -0.25) is 14.2 Å². The molecule has 0 atom stereocenters. The zero-order valence-electron chi connectivity index (χ0n) is 11.8. The van der Waals surface area contributed by atoms with E-state index in [2.05, 4.69) is 10.3 Å². The molecule has 1 aromatic carbocycles. The molecule has 0 aliphatic heterocycles. The average Bonchev–Trinajstić information content (AvgIpc) is 2.33. The van der Waals surface area contributed by atoms with Crippen LogP contribution < -0.4 is 10.9 Å².